The van der Waals surface area contributed by atoms with Crippen LogP contribution in [0.15, 0.2) is 12.5 Å². The number of aromatic nitrogens is 2. The van der Waals surface area contributed by atoms with E-state index in [2.05, 4.69) is 28.9 Å². The molecule has 0 fully saturated rings. The van der Waals surface area contributed by atoms with Crippen molar-refractivity contribution in [3.8, 4) is 0 Å². The van der Waals surface area contributed by atoms with Gasteiger partial charge in [-0.25, -0.2) is 4.98 Å². The summed E-state index contributed by atoms with van der Waals surface area (Å²) in [6.07, 6.45) is 4.31. The molecule has 1 aromatic rings. The third-order valence-electron chi connectivity index (χ3n) is 1.50. The summed E-state index contributed by atoms with van der Waals surface area (Å²) >= 11 is 0. The number of nitrogens with zero attached hydrogens (tertiary/aromatic N) is 2. The van der Waals surface area contributed by atoms with Crippen LogP contribution in [-0.2, 0) is 0 Å². The summed E-state index contributed by atoms with van der Waals surface area (Å²) in [4.78, 5) is 14.2. The van der Waals surface area contributed by atoms with E-state index in [1.807, 2.05) is 0 Å². The standard InChI is InChI=1S/C7H12N2OSi/c1-11(2,3)9-4-7(5-10)8-6-9/h4-6H,1-3H3. The van der Waals surface area contributed by atoms with Gasteiger partial charge in [0.05, 0.1) is 6.33 Å². The van der Waals surface area contributed by atoms with Crippen LogP contribution in [-0.4, -0.2) is 23.7 Å². The van der Waals surface area contributed by atoms with E-state index < -0.39 is 8.24 Å². The van der Waals surface area contributed by atoms with Crippen LogP contribution in [0.3, 0.4) is 0 Å². The van der Waals surface area contributed by atoms with Crippen molar-refractivity contribution in [3.63, 3.8) is 0 Å². The smallest absolute Gasteiger partial charge is 0.169 e. The fourth-order valence-electron chi connectivity index (χ4n) is 0.766. The van der Waals surface area contributed by atoms with E-state index in [4.69, 9.17) is 0 Å². The molecule has 0 atom stereocenters. The number of aldehydes is 1. The molecule has 0 radical (unpaired) electrons. The predicted octanol–water partition coefficient (Wildman–Crippen LogP) is 1.38. The number of rotatable bonds is 2. The Morgan fingerprint density at radius 2 is 2.18 bits per heavy atom. The van der Waals surface area contributed by atoms with E-state index in [1.54, 1.807) is 12.5 Å². The first-order chi connectivity index (χ1) is 5.04. The highest BCUT2D eigenvalue weighted by Gasteiger charge is 2.15. The van der Waals surface area contributed by atoms with Crippen molar-refractivity contribution in [1.82, 2.24) is 9.22 Å². The Morgan fingerprint density at radius 3 is 2.45 bits per heavy atom. The summed E-state index contributed by atoms with van der Waals surface area (Å²) in [5, 5.41) is 0. The zero-order valence-electron chi connectivity index (χ0n) is 7.03. The van der Waals surface area contributed by atoms with E-state index in [-0.39, 0.29) is 0 Å². The zero-order chi connectivity index (χ0) is 8.48. The van der Waals surface area contributed by atoms with Gasteiger partial charge in [0.25, 0.3) is 0 Å². The molecule has 0 saturated carbocycles. The van der Waals surface area contributed by atoms with Crippen molar-refractivity contribution in [3.05, 3.63) is 18.2 Å². The van der Waals surface area contributed by atoms with Gasteiger partial charge in [0.2, 0.25) is 0 Å². The van der Waals surface area contributed by atoms with Gasteiger partial charge in [-0.15, -0.1) is 0 Å². The normalized spacial score (nSPS) is 11.5. The van der Waals surface area contributed by atoms with Crippen LogP contribution in [0.5, 0.6) is 0 Å². The maximum Gasteiger partial charge on any atom is 0.169 e. The summed E-state index contributed by atoms with van der Waals surface area (Å²) in [5.41, 5.74) is 0.521. The SMILES string of the molecule is C[Si](C)(C)n1cnc(C=O)c1. The first-order valence-corrected chi connectivity index (χ1v) is 6.98. The molecule has 0 spiro atoms. The van der Waals surface area contributed by atoms with Gasteiger partial charge in [-0.3, -0.25) is 4.79 Å². The Balaban J connectivity index is 2.98. The summed E-state index contributed by atoms with van der Waals surface area (Å²) in [7, 11) is -1.33. The number of hydrogen-bond acceptors (Lipinski definition) is 2. The monoisotopic (exact) mass is 168 g/mol. The zero-order valence-corrected chi connectivity index (χ0v) is 8.03. The van der Waals surface area contributed by atoms with Crippen LogP contribution in [0, 0.1) is 0 Å². The molecule has 1 aromatic heterocycles. The Labute approximate surface area is 67.2 Å². The van der Waals surface area contributed by atoms with Crippen molar-refractivity contribution < 1.29 is 4.79 Å². The van der Waals surface area contributed by atoms with Gasteiger partial charge >= 0.3 is 0 Å². The Kier molecular flexibility index (Phi) is 1.95. The first kappa shape index (κ1) is 8.20. The number of imidazole rings is 1. The highest BCUT2D eigenvalue weighted by molar-refractivity contribution is 6.74. The van der Waals surface area contributed by atoms with Crippen LogP contribution in [0.25, 0.3) is 0 Å². The summed E-state index contributed by atoms with van der Waals surface area (Å²) in [6, 6.07) is 0. The average Bonchev–Trinajstić information content (AvgIpc) is 2.32. The minimum atomic E-state index is -1.33. The average molecular weight is 168 g/mol. The van der Waals surface area contributed by atoms with Crippen molar-refractivity contribution in [2.75, 3.05) is 0 Å². The second kappa shape index (κ2) is 2.62. The lowest BCUT2D eigenvalue weighted by molar-refractivity contribution is 0.111. The van der Waals surface area contributed by atoms with Crippen molar-refractivity contribution in [2.45, 2.75) is 19.6 Å². The maximum atomic E-state index is 10.3. The Morgan fingerprint density at radius 1 is 1.55 bits per heavy atom. The molecule has 0 amide bonds. The van der Waals surface area contributed by atoms with Crippen LogP contribution in [0.4, 0.5) is 0 Å². The van der Waals surface area contributed by atoms with Crippen molar-refractivity contribution >= 4 is 14.5 Å². The third kappa shape index (κ3) is 1.77. The van der Waals surface area contributed by atoms with Gasteiger partial charge in [-0.05, 0) is 0 Å². The van der Waals surface area contributed by atoms with Gasteiger partial charge in [0.15, 0.2) is 14.5 Å². The maximum absolute atomic E-state index is 10.3. The third-order valence-corrected chi connectivity index (χ3v) is 3.29. The lowest BCUT2D eigenvalue weighted by Crippen LogP contribution is -2.30. The molecule has 1 rings (SSSR count). The summed E-state index contributed by atoms with van der Waals surface area (Å²) < 4.78 is 2.05. The second-order valence-corrected chi connectivity index (χ2v) is 8.35. The number of carbonyl (C=O) groups is 1. The molecule has 1 heterocycles. The topological polar surface area (TPSA) is 34.9 Å². The molecule has 0 aliphatic heterocycles. The Bertz CT molecular complexity index is 262. The van der Waals surface area contributed by atoms with Gasteiger partial charge in [0.1, 0.15) is 5.69 Å². The molecular weight excluding hydrogens is 156 g/mol. The van der Waals surface area contributed by atoms with Gasteiger partial charge in [0, 0.05) is 6.20 Å². The fourth-order valence-corrected chi connectivity index (χ4v) is 1.69. The van der Waals surface area contributed by atoms with Crippen LogP contribution < -0.4 is 0 Å². The van der Waals surface area contributed by atoms with Crippen LogP contribution in [0.1, 0.15) is 10.5 Å². The molecule has 0 aliphatic rings. The fraction of sp³-hybridized carbons (Fsp3) is 0.429. The Hall–Kier alpha value is -0.903. The van der Waals surface area contributed by atoms with Gasteiger partial charge in [-0.1, -0.05) is 19.6 Å². The summed E-state index contributed by atoms with van der Waals surface area (Å²) in [5.74, 6) is 0. The van der Waals surface area contributed by atoms with E-state index in [1.165, 1.54) is 0 Å². The lowest BCUT2D eigenvalue weighted by atomic mass is 10.6. The van der Waals surface area contributed by atoms with Crippen LogP contribution in [0.2, 0.25) is 19.6 Å². The van der Waals surface area contributed by atoms with Crippen LogP contribution >= 0.6 is 0 Å². The molecule has 0 aliphatic carbocycles. The molecule has 0 N–H and O–H groups in total. The largest absolute Gasteiger partial charge is 0.365 e. The van der Waals surface area contributed by atoms with Gasteiger partial charge < -0.3 is 4.23 Å². The van der Waals surface area contributed by atoms with E-state index in [9.17, 15) is 4.79 Å². The van der Waals surface area contributed by atoms with E-state index >= 15 is 0 Å². The molecule has 60 valence electrons. The number of hydrogen-bond donors (Lipinski definition) is 0. The van der Waals surface area contributed by atoms with E-state index in [0.29, 0.717) is 5.69 Å². The lowest BCUT2D eigenvalue weighted by Gasteiger charge is -2.16. The second-order valence-electron chi connectivity index (χ2n) is 3.49. The molecule has 0 aromatic carbocycles. The molecule has 0 bridgehead atoms. The molecule has 11 heavy (non-hydrogen) atoms. The van der Waals surface area contributed by atoms with E-state index in [0.717, 1.165) is 6.29 Å². The molecule has 0 unspecified atom stereocenters. The highest BCUT2D eigenvalue weighted by atomic mass is 28.3. The molecule has 4 heteroatoms. The minimum absolute atomic E-state index is 0.521. The molecular formula is C7H12N2OSi. The minimum Gasteiger partial charge on any atom is -0.365 e. The first-order valence-electron chi connectivity index (χ1n) is 3.53. The predicted molar refractivity (Wildman–Crippen MR) is 46.4 cm³/mol. The molecule has 0 saturated heterocycles. The van der Waals surface area contributed by atoms with Gasteiger partial charge in [-0.2, -0.15) is 0 Å². The van der Waals surface area contributed by atoms with Crippen molar-refractivity contribution in [2.24, 2.45) is 0 Å². The quantitative estimate of drug-likeness (QED) is 0.494. The number of carbonyl (C=O) groups excluding carboxylic acids is 1. The molecule has 3 nitrogen and oxygen atoms in total. The summed E-state index contributed by atoms with van der Waals surface area (Å²) in [6.45, 7) is 6.59. The highest BCUT2D eigenvalue weighted by Crippen LogP contribution is 2.05. The van der Waals surface area contributed by atoms with Crippen molar-refractivity contribution in [1.29, 1.82) is 0 Å².